The van der Waals surface area contributed by atoms with Crippen LogP contribution in [0, 0.1) is 13.8 Å². The second-order valence-electron chi connectivity index (χ2n) is 5.29. The van der Waals surface area contributed by atoms with Gasteiger partial charge in [-0.15, -0.1) is 0 Å². The Balaban J connectivity index is 2.60. The van der Waals surface area contributed by atoms with Crippen LogP contribution in [-0.2, 0) is 14.8 Å². The summed E-state index contributed by atoms with van der Waals surface area (Å²) in [5.41, 5.74) is 1.71. The maximum Gasteiger partial charge on any atom is 0.240 e. The summed E-state index contributed by atoms with van der Waals surface area (Å²) in [5, 5.41) is 2.80. The molecule has 0 radical (unpaired) electrons. The average Bonchev–Trinajstić information content (AvgIpc) is 2.37. The second kappa shape index (κ2) is 7.56. The Morgan fingerprint density at radius 1 is 1.29 bits per heavy atom. The molecule has 0 aliphatic carbocycles. The Hall–Kier alpha value is -1.40. The number of carbonyl (C=O) groups excluding carboxylic acids is 1. The molecule has 0 aliphatic rings. The smallest absolute Gasteiger partial charge is 0.240 e. The lowest BCUT2D eigenvalue weighted by molar-refractivity contribution is -0.121. The average molecular weight is 312 g/mol. The van der Waals surface area contributed by atoms with Crippen LogP contribution in [0.2, 0.25) is 0 Å². The highest BCUT2D eigenvalue weighted by Gasteiger charge is 2.16. The Kier molecular flexibility index (Phi) is 6.36. The predicted molar refractivity (Wildman–Crippen MR) is 83.6 cm³/mol. The first-order valence-electron chi connectivity index (χ1n) is 7.12. The van der Waals surface area contributed by atoms with E-state index in [9.17, 15) is 13.2 Å². The van der Waals surface area contributed by atoms with Crippen molar-refractivity contribution in [2.75, 3.05) is 6.54 Å². The Labute approximate surface area is 127 Å². The minimum atomic E-state index is -3.57. The number of aryl methyl sites for hydroxylation is 2. The van der Waals surface area contributed by atoms with Crippen LogP contribution in [0.3, 0.4) is 0 Å². The lowest BCUT2D eigenvalue weighted by Crippen LogP contribution is -2.35. The first kappa shape index (κ1) is 17.7. The van der Waals surface area contributed by atoms with Crippen LogP contribution in [0.1, 0.15) is 37.8 Å². The summed E-state index contributed by atoms with van der Waals surface area (Å²) in [7, 11) is -3.57. The number of nitrogens with one attached hydrogen (secondary N) is 2. The number of amides is 1. The van der Waals surface area contributed by atoms with Crippen molar-refractivity contribution in [3.63, 3.8) is 0 Å². The molecule has 0 fully saturated rings. The van der Waals surface area contributed by atoms with Crippen molar-refractivity contribution < 1.29 is 13.2 Å². The second-order valence-corrected chi connectivity index (χ2v) is 7.03. The molecule has 0 bridgehead atoms. The van der Waals surface area contributed by atoms with Gasteiger partial charge in [0.1, 0.15) is 0 Å². The fourth-order valence-electron chi connectivity index (χ4n) is 1.93. The van der Waals surface area contributed by atoms with Gasteiger partial charge in [0.2, 0.25) is 15.9 Å². The standard InChI is InChI=1S/C15H24N2O3S/c1-5-13(4)17-15(18)8-9-16-21(19,20)14-7-6-11(2)10-12(14)3/h6-7,10,13,16H,5,8-9H2,1-4H3,(H,17,18)/t13-/m1/s1. The van der Waals surface area contributed by atoms with Crippen LogP contribution in [0.4, 0.5) is 0 Å². The Morgan fingerprint density at radius 3 is 2.52 bits per heavy atom. The number of hydrogen-bond acceptors (Lipinski definition) is 3. The lowest BCUT2D eigenvalue weighted by atomic mass is 10.2. The molecule has 5 nitrogen and oxygen atoms in total. The van der Waals surface area contributed by atoms with E-state index in [0.29, 0.717) is 5.56 Å². The van der Waals surface area contributed by atoms with Crippen molar-refractivity contribution in [2.24, 2.45) is 0 Å². The molecule has 6 heteroatoms. The Morgan fingerprint density at radius 2 is 1.95 bits per heavy atom. The maximum absolute atomic E-state index is 12.2. The van der Waals surface area contributed by atoms with Crippen LogP contribution in [0.15, 0.2) is 23.1 Å². The van der Waals surface area contributed by atoms with Gasteiger partial charge < -0.3 is 5.32 Å². The molecular formula is C15H24N2O3S. The van der Waals surface area contributed by atoms with E-state index in [-0.39, 0.29) is 29.8 Å². The number of benzene rings is 1. The quantitative estimate of drug-likeness (QED) is 0.807. The number of rotatable bonds is 7. The minimum absolute atomic E-state index is 0.0952. The molecule has 1 amide bonds. The molecule has 2 N–H and O–H groups in total. The normalized spacial score (nSPS) is 13.0. The molecule has 0 saturated carbocycles. The summed E-state index contributed by atoms with van der Waals surface area (Å²) in [4.78, 5) is 11.9. The van der Waals surface area contributed by atoms with Crippen LogP contribution in [0.25, 0.3) is 0 Å². The van der Waals surface area contributed by atoms with Crippen LogP contribution in [-0.4, -0.2) is 26.9 Å². The third-order valence-corrected chi connectivity index (χ3v) is 4.91. The molecule has 1 rings (SSSR count). The molecule has 0 unspecified atom stereocenters. The molecule has 0 spiro atoms. The molecule has 0 saturated heterocycles. The number of hydrogen-bond donors (Lipinski definition) is 2. The zero-order valence-corrected chi connectivity index (χ0v) is 13.9. The van der Waals surface area contributed by atoms with E-state index < -0.39 is 10.0 Å². The van der Waals surface area contributed by atoms with E-state index in [1.54, 1.807) is 19.1 Å². The molecule has 1 aromatic rings. The van der Waals surface area contributed by atoms with Gasteiger partial charge >= 0.3 is 0 Å². The monoisotopic (exact) mass is 312 g/mol. The van der Waals surface area contributed by atoms with Crippen LogP contribution < -0.4 is 10.0 Å². The molecule has 21 heavy (non-hydrogen) atoms. The third-order valence-electron chi connectivity index (χ3n) is 3.28. The molecule has 0 aromatic heterocycles. The van der Waals surface area contributed by atoms with E-state index in [1.165, 1.54) is 0 Å². The van der Waals surface area contributed by atoms with Gasteiger partial charge in [0.05, 0.1) is 4.90 Å². The van der Waals surface area contributed by atoms with Gasteiger partial charge in [-0.25, -0.2) is 13.1 Å². The minimum Gasteiger partial charge on any atom is -0.354 e. The van der Waals surface area contributed by atoms with Gasteiger partial charge in [-0.2, -0.15) is 0 Å². The van der Waals surface area contributed by atoms with Crippen molar-refractivity contribution in [1.29, 1.82) is 0 Å². The fraction of sp³-hybridized carbons (Fsp3) is 0.533. The van der Waals surface area contributed by atoms with E-state index in [2.05, 4.69) is 10.0 Å². The molecule has 118 valence electrons. The fourth-order valence-corrected chi connectivity index (χ4v) is 3.18. The molecular weight excluding hydrogens is 288 g/mol. The summed E-state index contributed by atoms with van der Waals surface area (Å²) in [5.74, 6) is -0.146. The van der Waals surface area contributed by atoms with Crippen LogP contribution in [0.5, 0.6) is 0 Å². The van der Waals surface area contributed by atoms with Crippen molar-refractivity contribution in [3.8, 4) is 0 Å². The zero-order valence-electron chi connectivity index (χ0n) is 13.1. The van der Waals surface area contributed by atoms with E-state index in [1.807, 2.05) is 26.8 Å². The lowest BCUT2D eigenvalue weighted by Gasteiger charge is -2.12. The van der Waals surface area contributed by atoms with Crippen LogP contribution >= 0.6 is 0 Å². The van der Waals surface area contributed by atoms with Crippen molar-refractivity contribution in [3.05, 3.63) is 29.3 Å². The highest BCUT2D eigenvalue weighted by Crippen LogP contribution is 2.16. The summed E-state index contributed by atoms with van der Waals surface area (Å²) < 4.78 is 26.8. The first-order chi connectivity index (χ1) is 9.76. The largest absolute Gasteiger partial charge is 0.354 e. The molecule has 1 atom stereocenters. The van der Waals surface area contributed by atoms with E-state index >= 15 is 0 Å². The van der Waals surface area contributed by atoms with Gasteiger partial charge in [0, 0.05) is 19.0 Å². The third kappa shape index (κ3) is 5.47. The first-order valence-corrected chi connectivity index (χ1v) is 8.61. The number of carbonyl (C=O) groups is 1. The van der Waals surface area contributed by atoms with Gasteiger partial charge in [-0.3, -0.25) is 4.79 Å². The van der Waals surface area contributed by atoms with Gasteiger partial charge in [-0.05, 0) is 38.8 Å². The topological polar surface area (TPSA) is 75.3 Å². The van der Waals surface area contributed by atoms with Gasteiger partial charge in [-0.1, -0.05) is 24.6 Å². The van der Waals surface area contributed by atoms with E-state index in [0.717, 1.165) is 12.0 Å². The van der Waals surface area contributed by atoms with Crippen molar-refractivity contribution >= 4 is 15.9 Å². The molecule has 0 aliphatic heterocycles. The zero-order chi connectivity index (χ0) is 16.0. The van der Waals surface area contributed by atoms with Gasteiger partial charge in [0.25, 0.3) is 0 Å². The summed E-state index contributed by atoms with van der Waals surface area (Å²) in [6, 6.07) is 5.28. The highest BCUT2D eigenvalue weighted by molar-refractivity contribution is 7.89. The number of sulfonamides is 1. The summed E-state index contributed by atoms with van der Waals surface area (Å²) >= 11 is 0. The van der Waals surface area contributed by atoms with Gasteiger partial charge in [0.15, 0.2) is 0 Å². The SMILES string of the molecule is CC[C@@H](C)NC(=O)CCNS(=O)(=O)c1ccc(C)cc1C. The summed E-state index contributed by atoms with van der Waals surface area (Å²) in [6.45, 7) is 7.66. The predicted octanol–water partition coefficient (Wildman–Crippen LogP) is 1.89. The molecule has 1 aromatic carbocycles. The van der Waals surface area contributed by atoms with Crippen molar-refractivity contribution in [2.45, 2.75) is 51.5 Å². The van der Waals surface area contributed by atoms with E-state index in [4.69, 9.17) is 0 Å². The maximum atomic E-state index is 12.2. The summed E-state index contributed by atoms with van der Waals surface area (Å²) in [6.07, 6.45) is 0.981. The Bertz CT molecular complexity index is 597. The molecule has 0 heterocycles. The highest BCUT2D eigenvalue weighted by atomic mass is 32.2. The van der Waals surface area contributed by atoms with Crippen molar-refractivity contribution in [1.82, 2.24) is 10.0 Å².